The Hall–Kier alpha value is -1.32. The molecule has 0 saturated carbocycles. The molecule has 0 atom stereocenters. The molecule has 4 nitrogen and oxygen atoms in total. The number of hydrogen-bond donors (Lipinski definition) is 1. The number of fused-ring (bicyclic) bond motifs is 1. The van der Waals surface area contributed by atoms with E-state index in [9.17, 15) is 4.79 Å². The number of nitrogens with one attached hydrogen (secondary N) is 1. The van der Waals surface area contributed by atoms with Gasteiger partial charge in [0.15, 0.2) is 0 Å². The lowest BCUT2D eigenvalue weighted by Crippen LogP contribution is -2.22. The average molecular weight is 179 g/mol. The third-order valence-electron chi connectivity index (χ3n) is 2.44. The van der Waals surface area contributed by atoms with Crippen molar-refractivity contribution in [3.63, 3.8) is 0 Å². The Balaban J connectivity index is 2.56. The minimum Gasteiger partial charge on any atom is -0.352 e. The zero-order valence-electron chi connectivity index (χ0n) is 7.92. The second-order valence-corrected chi connectivity index (χ2v) is 3.39. The number of nitrogens with zero attached hydrogens (tertiary/aromatic N) is 2. The van der Waals surface area contributed by atoms with Gasteiger partial charge in [0, 0.05) is 13.6 Å². The van der Waals surface area contributed by atoms with Crippen LogP contribution in [-0.4, -0.2) is 22.2 Å². The number of amides is 1. The van der Waals surface area contributed by atoms with E-state index in [0.717, 1.165) is 36.3 Å². The SMILES string of the molecule is Cc1nn(C)c2c1C(=O)NCCC2. The normalized spacial score (nSPS) is 16.3. The van der Waals surface area contributed by atoms with Gasteiger partial charge in [-0.15, -0.1) is 0 Å². The van der Waals surface area contributed by atoms with E-state index in [1.807, 2.05) is 18.7 Å². The Labute approximate surface area is 76.9 Å². The monoisotopic (exact) mass is 179 g/mol. The van der Waals surface area contributed by atoms with Crippen molar-refractivity contribution in [1.82, 2.24) is 15.1 Å². The van der Waals surface area contributed by atoms with Gasteiger partial charge in [0.1, 0.15) is 0 Å². The van der Waals surface area contributed by atoms with E-state index in [2.05, 4.69) is 10.4 Å². The van der Waals surface area contributed by atoms with E-state index >= 15 is 0 Å². The first-order valence-electron chi connectivity index (χ1n) is 4.51. The lowest BCUT2D eigenvalue weighted by atomic mass is 10.1. The van der Waals surface area contributed by atoms with Crippen LogP contribution in [0.25, 0.3) is 0 Å². The summed E-state index contributed by atoms with van der Waals surface area (Å²) in [7, 11) is 1.89. The molecule has 1 amide bonds. The quantitative estimate of drug-likeness (QED) is 0.626. The van der Waals surface area contributed by atoms with E-state index < -0.39 is 0 Å². The van der Waals surface area contributed by atoms with Crippen LogP contribution in [0.4, 0.5) is 0 Å². The van der Waals surface area contributed by atoms with Crippen molar-refractivity contribution in [2.45, 2.75) is 19.8 Å². The second-order valence-electron chi connectivity index (χ2n) is 3.39. The highest BCUT2D eigenvalue weighted by Gasteiger charge is 2.21. The third kappa shape index (κ3) is 1.22. The van der Waals surface area contributed by atoms with Crippen molar-refractivity contribution in [3.8, 4) is 0 Å². The van der Waals surface area contributed by atoms with Gasteiger partial charge in [-0.25, -0.2) is 0 Å². The summed E-state index contributed by atoms with van der Waals surface area (Å²) in [5, 5.41) is 7.10. The van der Waals surface area contributed by atoms with Gasteiger partial charge in [0.2, 0.25) is 0 Å². The fourth-order valence-electron chi connectivity index (χ4n) is 1.83. The van der Waals surface area contributed by atoms with Crippen LogP contribution < -0.4 is 5.32 Å². The van der Waals surface area contributed by atoms with E-state index in [0.29, 0.717) is 0 Å². The number of carbonyl (C=O) groups excluding carboxylic acids is 1. The number of carbonyl (C=O) groups is 1. The summed E-state index contributed by atoms with van der Waals surface area (Å²) >= 11 is 0. The summed E-state index contributed by atoms with van der Waals surface area (Å²) in [5.74, 6) is 0.0260. The molecule has 1 aromatic rings. The number of hydrogen-bond acceptors (Lipinski definition) is 2. The zero-order valence-corrected chi connectivity index (χ0v) is 7.92. The molecule has 0 unspecified atom stereocenters. The molecule has 0 fully saturated rings. The predicted molar refractivity (Wildman–Crippen MR) is 48.6 cm³/mol. The minimum absolute atomic E-state index is 0.0260. The summed E-state index contributed by atoms with van der Waals surface area (Å²) in [6.07, 6.45) is 1.93. The second kappa shape index (κ2) is 2.87. The largest absolute Gasteiger partial charge is 0.352 e. The van der Waals surface area contributed by atoms with Gasteiger partial charge >= 0.3 is 0 Å². The Kier molecular flexibility index (Phi) is 1.83. The van der Waals surface area contributed by atoms with Crippen LogP contribution in [-0.2, 0) is 13.5 Å². The first kappa shape index (κ1) is 8.29. The number of rotatable bonds is 0. The molecule has 13 heavy (non-hydrogen) atoms. The molecule has 0 bridgehead atoms. The summed E-state index contributed by atoms with van der Waals surface area (Å²) in [4.78, 5) is 11.6. The summed E-state index contributed by atoms with van der Waals surface area (Å²) in [6.45, 7) is 2.65. The Morgan fingerprint density at radius 3 is 3.08 bits per heavy atom. The third-order valence-corrected chi connectivity index (χ3v) is 2.44. The first-order valence-corrected chi connectivity index (χ1v) is 4.51. The summed E-state index contributed by atoms with van der Waals surface area (Å²) in [5.41, 5.74) is 2.67. The number of aromatic nitrogens is 2. The van der Waals surface area contributed by atoms with Gasteiger partial charge in [-0.2, -0.15) is 5.10 Å². The highest BCUT2D eigenvalue weighted by Crippen LogP contribution is 2.16. The maximum atomic E-state index is 11.6. The standard InChI is InChI=1S/C9H13N3O/c1-6-8-7(12(2)11-6)4-3-5-10-9(8)13/h3-5H2,1-2H3,(H,10,13). The molecule has 0 radical (unpaired) electrons. The fourth-order valence-corrected chi connectivity index (χ4v) is 1.83. The molecule has 0 spiro atoms. The lowest BCUT2D eigenvalue weighted by Gasteiger charge is -1.98. The molecule has 1 aliphatic heterocycles. The van der Waals surface area contributed by atoms with Crippen molar-refractivity contribution in [3.05, 3.63) is 17.0 Å². The molecule has 2 heterocycles. The molecule has 0 saturated heterocycles. The summed E-state index contributed by atoms with van der Waals surface area (Å²) < 4.78 is 1.82. The molecule has 0 aromatic carbocycles. The molecular weight excluding hydrogens is 166 g/mol. The van der Waals surface area contributed by atoms with Crippen molar-refractivity contribution >= 4 is 5.91 Å². The van der Waals surface area contributed by atoms with Crippen LogP contribution in [0.2, 0.25) is 0 Å². The highest BCUT2D eigenvalue weighted by molar-refractivity contribution is 5.96. The highest BCUT2D eigenvalue weighted by atomic mass is 16.1. The van der Waals surface area contributed by atoms with Gasteiger partial charge < -0.3 is 5.32 Å². The van der Waals surface area contributed by atoms with Crippen LogP contribution >= 0.6 is 0 Å². The van der Waals surface area contributed by atoms with Gasteiger partial charge in [0.25, 0.3) is 5.91 Å². The maximum Gasteiger partial charge on any atom is 0.255 e. The van der Waals surface area contributed by atoms with Crippen molar-refractivity contribution < 1.29 is 4.79 Å². The van der Waals surface area contributed by atoms with Gasteiger partial charge in [0.05, 0.1) is 17.0 Å². The molecule has 4 heteroatoms. The molecule has 0 aliphatic carbocycles. The van der Waals surface area contributed by atoms with Gasteiger partial charge in [-0.05, 0) is 19.8 Å². The Morgan fingerprint density at radius 2 is 2.31 bits per heavy atom. The fraction of sp³-hybridized carbons (Fsp3) is 0.556. The van der Waals surface area contributed by atoms with Crippen molar-refractivity contribution in [2.75, 3.05) is 6.54 Å². The van der Waals surface area contributed by atoms with E-state index in [4.69, 9.17) is 0 Å². The average Bonchev–Trinajstić information content (AvgIpc) is 2.28. The van der Waals surface area contributed by atoms with Crippen molar-refractivity contribution in [1.29, 1.82) is 0 Å². The van der Waals surface area contributed by atoms with Crippen LogP contribution in [0.1, 0.15) is 28.2 Å². The van der Waals surface area contributed by atoms with Crippen molar-refractivity contribution in [2.24, 2.45) is 7.05 Å². The Morgan fingerprint density at radius 1 is 1.54 bits per heavy atom. The molecule has 70 valence electrons. The topological polar surface area (TPSA) is 46.9 Å². The maximum absolute atomic E-state index is 11.6. The van der Waals surface area contributed by atoms with E-state index in [-0.39, 0.29) is 5.91 Å². The first-order chi connectivity index (χ1) is 6.20. The molecular formula is C9H13N3O. The molecule has 1 N–H and O–H groups in total. The number of aryl methyl sites for hydroxylation is 2. The van der Waals surface area contributed by atoms with E-state index in [1.54, 1.807) is 0 Å². The molecule has 1 aliphatic rings. The van der Waals surface area contributed by atoms with E-state index in [1.165, 1.54) is 0 Å². The summed E-state index contributed by atoms with van der Waals surface area (Å²) in [6, 6.07) is 0. The van der Waals surface area contributed by atoms with Gasteiger partial charge in [-0.1, -0.05) is 0 Å². The zero-order chi connectivity index (χ0) is 9.42. The van der Waals surface area contributed by atoms with Gasteiger partial charge in [-0.3, -0.25) is 9.48 Å². The van der Waals surface area contributed by atoms with Crippen LogP contribution in [0.15, 0.2) is 0 Å². The minimum atomic E-state index is 0.0260. The smallest absolute Gasteiger partial charge is 0.255 e. The van der Waals surface area contributed by atoms with Crippen LogP contribution in [0.5, 0.6) is 0 Å². The lowest BCUT2D eigenvalue weighted by molar-refractivity contribution is 0.0955. The van der Waals surface area contributed by atoms with Crippen LogP contribution in [0, 0.1) is 6.92 Å². The van der Waals surface area contributed by atoms with Crippen LogP contribution in [0.3, 0.4) is 0 Å². The predicted octanol–water partition coefficient (Wildman–Crippen LogP) is 0.405. The molecule has 2 rings (SSSR count). The Bertz CT molecular complexity index is 354. The molecule has 1 aromatic heterocycles.